The Labute approximate surface area is 300 Å². The van der Waals surface area contributed by atoms with Crippen molar-refractivity contribution in [2.75, 3.05) is 27.7 Å². The van der Waals surface area contributed by atoms with E-state index >= 15 is 0 Å². The Hall–Kier alpha value is -2.97. The Morgan fingerprint density at radius 1 is 0.938 bits per heavy atom. The number of nitrogens with zero attached hydrogens (tertiary/aromatic N) is 1. The maximum absolute atomic E-state index is 13.9. The van der Waals surface area contributed by atoms with Crippen molar-refractivity contribution < 1.29 is 4.39 Å². The molecule has 0 saturated heterocycles. The van der Waals surface area contributed by atoms with Gasteiger partial charge in [0.2, 0.25) is 0 Å². The third kappa shape index (κ3) is 33.0. The van der Waals surface area contributed by atoms with E-state index in [0.717, 1.165) is 54.0 Å². The van der Waals surface area contributed by atoms with Crippen molar-refractivity contribution in [3.63, 3.8) is 0 Å². The monoisotopic (exact) mass is 667 g/mol. The summed E-state index contributed by atoms with van der Waals surface area (Å²) in [5.74, 6) is 1.41. The molecule has 0 spiro atoms. The van der Waals surface area contributed by atoms with Crippen molar-refractivity contribution in [2.45, 2.75) is 122 Å². The van der Waals surface area contributed by atoms with Crippen molar-refractivity contribution in [1.82, 2.24) is 4.90 Å². The molecule has 0 radical (unpaired) electrons. The van der Waals surface area contributed by atoms with Gasteiger partial charge in [-0.15, -0.1) is 5.73 Å². The molecule has 0 aromatic heterocycles. The summed E-state index contributed by atoms with van der Waals surface area (Å²) in [5.41, 5.74) is 14.4. The van der Waals surface area contributed by atoms with Crippen LogP contribution in [-0.4, -0.2) is 32.6 Å². The summed E-state index contributed by atoms with van der Waals surface area (Å²) in [6, 6.07) is 6.13. The molecule has 1 atom stereocenters. The van der Waals surface area contributed by atoms with Crippen molar-refractivity contribution in [1.29, 1.82) is 0 Å². The van der Waals surface area contributed by atoms with Crippen LogP contribution in [-0.2, 0) is 0 Å². The SMILES string of the molecule is C=C/C=C(C)\C(=C/C)CCN(C)C.C=C/C=C(\C=C(/F)CCCC)c1c(C)cccc1C.C=C=CC(C)CCC(C)C.CC.CC.CN. The zero-order chi connectivity index (χ0) is 38.5. The number of unbranched alkanes of at least 4 members (excludes halogenated alkanes) is 1. The van der Waals surface area contributed by atoms with Gasteiger partial charge in [0.05, 0.1) is 0 Å². The first-order valence-electron chi connectivity index (χ1n) is 18.2. The lowest BCUT2D eigenvalue weighted by molar-refractivity contribution is 0.413. The lowest BCUT2D eigenvalue weighted by Crippen LogP contribution is -2.13. The van der Waals surface area contributed by atoms with E-state index < -0.39 is 0 Å². The van der Waals surface area contributed by atoms with Gasteiger partial charge in [0.25, 0.3) is 0 Å². The molecule has 1 aromatic carbocycles. The molecule has 0 amide bonds. The van der Waals surface area contributed by atoms with E-state index in [1.807, 2.05) is 52.0 Å². The molecular formula is C45H79FN2. The van der Waals surface area contributed by atoms with E-state index in [9.17, 15) is 4.39 Å². The van der Waals surface area contributed by atoms with Gasteiger partial charge in [-0.05, 0) is 132 Å². The minimum absolute atomic E-state index is 0.0578. The molecule has 0 aliphatic heterocycles. The average Bonchev–Trinajstić information content (AvgIpc) is 3.06. The second-order valence-electron chi connectivity index (χ2n) is 11.6. The lowest BCUT2D eigenvalue weighted by Gasteiger charge is -2.12. The van der Waals surface area contributed by atoms with Gasteiger partial charge in [-0.1, -0.05) is 137 Å². The number of rotatable bonds is 15. The van der Waals surface area contributed by atoms with E-state index in [1.54, 1.807) is 12.2 Å². The largest absolute Gasteiger partial charge is 0.333 e. The molecule has 0 saturated carbocycles. The van der Waals surface area contributed by atoms with Crippen LogP contribution < -0.4 is 5.73 Å². The second-order valence-corrected chi connectivity index (χ2v) is 11.6. The fourth-order valence-corrected chi connectivity index (χ4v) is 4.26. The average molecular weight is 667 g/mol. The van der Waals surface area contributed by atoms with E-state index in [2.05, 4.69) is 130 Å². The highest BCUT2D eigenvalue weighted by Gasteiger charge is 2.07. The Morgan fingerprint density at radius 3 is 1.85 bits per heavy atom. The summed E-state index contributed by atoms with van der Waals surface area (Å²) in [7, 11) is 5.69. The van der Waals surface area contributed by atoms with Gasteiger partial charge < -0.3 is 10.6 Å². The molecule has 0 fully saturated rings. The van der Waals surface area contributed by atoms with Gasteiger partial charge >= 0.3 is 0 Å². The predicted molar refractivity (Wildman–Crippen MR) is 223 cm³/mol. The summed E-state index contributed by atoms with van der Waals surface area (Å²) < 4.78 is 13.9. The van der Waals surface area contributed by atoms with Crippen LogP contribution in [0.2, 0.25) is 0 Å². The summed E-state index contributed by atoms with van der Waals surface area (Å²) in [4.78, 5) is 2.20. The first kappa shape index (κ1) is 54.5. The van der Waals surface area contributed by atoms with Crippen LogP contribution in [0.5, 0.6) is 0 Å². The number of allylic oxidation sites excluding steroid dienone is 10. The smallest absolute Gasteiger partial charge is 0.101 e. The number of aryl methyl sites for hydroxylation is 2. The zero-order valence-electron chi connectivity index (χ0n) is 34.4. The molecule has 2 N–H and O–H groups in total. The minimum atomic E-state index is -0.0578. The molecular weight excluding hydrogens is 588 g/mol. The maximum atomic E-state index is 13.9. The van der Waals surface area contributed by atoms with Gasteiger partial charge in [0, 0.05) is 6.54 Å². The second kappa shape index (κ2) is 40.2. The highest BCUT2D eigenvalue weighted by Crippen LogP contribution is 2.26. The van der Waals surface area contributed by atoms with E-state index in [0.29, 0.717) is 12.3 Å². The molecule has 1 unspecified atom stereocenters. The van der Waals surface area contributed by atoms with Crippen LogP contribution >= 0.6 is 0 Å². The summed E-state index contributed by atoms with van der Waals surface area (Å²) in [5, 5.41) is 0. The molecule has 1 rings (SSSR count). The van der Waals surface area contributed by atoms with Gasteiger partial charge in [-0.2, -0.15) is 0 Å². The van der Waals surface area contributed by atoms with Crippen LogP contribution in [0.3, 0.4) is 0 Å². The van der Waals surface area contributed by atoms with Gasteiger partial charge in [0.1, 0.15) is 5.83 Å². The number of hydrogen-bond donors (Lipinski definition) is 1. The highest BCUT2D eigenvalue weighted by molar-refractivity contribution is 5.79. The van der Waals surface area contributed by atoms with Gasteiger partial charge in [-0.25, -0.2) is 4.39 Å². The minimum Gasteiger partial charge on any atom is -0.333 e. The number of benzene rings is 1. The van der Waals surface area contributed by atoms with Crippen LogP contribution in [0.15, 0.2) is 103 Å². The normalized spacial score (nSPS) is 11.7. The number of halogens is 1. The molecule has 0 aliphatic carbocycles. The number of nitrogens with two attached hydrogens (primary N) is 1. The van der Waals surface area contributed by atoms with Crippen molar-refractivity contribution >= 4 is 5.57 Å². The Balaban J connectivity index is -0.000000186. The quantitative estimate of drug-likeness (QED) is 0.149. The summed E-state index contributed by atoms with van der Waals surface area (Å²) >= 11 is 0. The van der Waals surface area contributed by atoms with Crippen molar-refractivity contribution in [2.24, 2.45) is 17.6 Å². The molecule has 0 heterocycles. The van der Waals surface area contributed by atoms with Gasteiger partial charge in [-0.3, -0.25) is 0 Å². The molecule has 0 bridgehead atoms. The van der Waals surface area contributed by atoms with E-state index in [4.69, 9.17) is 0 Å². The van der Waals surface area contributed by atoms with Crippen molar-refractivity contribution in [3.8, 4) is 0 Å². The fraction of sp³-hybridized carbons (Fsp3) is 0.533. The Kier molecular flexibility index (Phi) is 45.6. The maximum Gasteiger partial charge on any atom is 0.101 e. The van der Waals surface area contributed by atoms with E-state index in [-0.39, 0.29) is 5.83 Å². The lowest BCUT2D eigenvalue weighted by atomic mass is 9.94. The Morgan fingerprint density at radius 2 is 1.46 bits per heavy atom. The highest BCUT2D eigenvalue weighted by atomic mass is 19.1. The standard InChI is InChI=1S/C18H23F.C12H21N.C10H18.2C2H6.CH5N/c1-5-7-12-17(19)13-16(9-6-2)18-14(3)10-8-11-15(18)4;1-6-8-11(3)12(7-2)9-10-13(4)5;1-5-6-10(4)8-7-9(2)3;3*1-2/h6,8-11,13H,2,5,7,12H2,1,3-4H3;6-8H,1,9-10H2,2-5H3;6,9-10H,1,7-8H2,2-4H3;2*1-2H3;2H2,1H3/b16-9+,17-13-;11-8-,12-7-;;;;. The summed E-state index contributed by atoms with van der Waals surface area (Å²) in [6.07, 6.45) is 19.4. The first-order chi connectivity index (χ1) is 22.9. The molecule has 48 heavy (non-hydrogen) atoms. The third-order valence-corrected chi connectivity index (χ3v) is 6.80. The molecule has 3 heteroatoms. The molecule has 1 aromatic rings. The van der Waals surface area contributed by atoms with Crippen molar-refractivity contribution in [3.05, 3.63) is 120 Å². The zero-order valence-corrected chi connectivity index (χ0v) is 34.4. The molecule has 276 valence electrons. The van der Waals surface area contributed by atoms with Crippen LogP contribution in [0.1, 0.15) is 124 Å². The Bertz CT molecular complexity index is 1060. The third-order valence-electron chi connectivity index (χ3n) is 6.80. The molecule has 0 aliphatic rings. The predicted octanol–water partition coefficient (Wildman–Crippen LogP) is 14.0. The van der Waals surface area contributed by atoms with Gasteiger partial charge in [0.15, 0.2) is 0 Å². The van der Waals surface area contributed by atoms with Crippen LogP contribution in [0.25, 0.3) is 5.57 Å². The topological polar surface area (TPSA) is 29.3 Å². The number of hydrogen-bond acceptors (Lipinski definition) is 2. The van der Waals surface area contributed by atoms with E-state index in [1.165, 1.54) is 31.0 Å². The fourth-order valence-electron chi connectivity index (χ4n) is 4.26. The molecule has 2 nitrogen and oxygen atoms in total. The van der Waals surface area contributed by atoms with Crippen LogP contribution in [0, 0.1) is 25.7 Å². The van der Waals surface area contributed by atoms with Crippen LogP contribution in [0.4, 0.5) is 4.39 Å². The summed E-state index contributed by atoms with van der Waals surface area (Å²) in [6.45, 7) is 37.2. The first-order valence-corrected chi connectivity index (χ1v) is 18.2.